The summed E-state index contributed by atoms with van der Waals surface area (Å²) in [5.74, 6) is 0.596. The summed E-state index contributed by atoms with van der Waals surface area (Å²) in [6.07, 6.45) is 1.56. The van der Waals surface area contributed by atoms with E-state index >= 15 is 0 Å². The van der Waals surface area contributed by atoms with E-state index in [1.807, 2.05) is 18.2 Å². The summed E-state index contributed by atoms with van der Waals surface area (Å²) in [6.45, 7) is 4.33. The number of carbonyl (C=O) groups is 1. The van der Waals surface area contributed by atoms with E-state index in [1.54, 1.807) is 0 Å². The van der Waals surface area contributed by atoms with Gasteiger partial charge in [-0.2, -0.15) is 0 Å². The highest BCUT2D eigenvalue weighted by Crippen LogP contribution is 2.37. The SMILES string of the molecule is CC(C)C1(c2ccccc2)CCC(=O)N1. The highest BCUT2D eigenvalue weighted by atomic mass is 16.2. The number of rotatable bonds is 2. The lowest BCUT2D eigenvalue weighted by atomic mass is 9.79. The molecule has 1 aromatic rings. The maximum atomic E-state index is 11.4. The number of carbonyl (C=O) groups excluding carboxylic acids is 1. The Hall–Kier alpha value is -1.31. The summed E-state index contributed by atoms with van der Waals surface area (Å²) in [5.41, 5.74) is 1.09. The summed E-state index contributed by atoms with van der Waals surface area (Å²) >= 11 is 0. The highest BCUT2D eigenvalue weighted by Gasteiger charge is 2.41. The molecular formula is C13H17NO. The van der Waals surface area contributed by atoms with Crippen LogP contribution in [-0.2, 0) is 10.3 Å². The zero-order valence-corrected chi connectivity index (χ0v) is 9.29. The lowest BCUT2D eigenvalue weighted by molar-refractivity contribution is -0.120. The predicted molar refractivity (Wildman–Crippen MR) is 60.3 cm³/mol. The van der Waals surface area contributed by atoms with Crippen LogP contribution in [0.15, 0.2) is 30.3 Å². The van der Waals surface area contributed by atoms with Crippen molar-refractivity contribution in [2.75, 3.05) is 0 Å². The Morgan fingerprint density at radius 1 is 1.27 bits per heavy atom. The molecule has 1 unspecified atom stereocenters. The van der Waals surface area contributed by atoms with Crippen molar-refractivity contribution in [3.63, 3.8) is 0 Å². The van der Waals surface area contributed by atoms with Crippen LogP contribution in [0.2, 0.25) is 0 Å². The van der Waals surface area contributed by atoms with Crippen LogP contribution in [0, 0.1) is 5.92 Å². The Bertz CT molecular complexity index is 358. The van der Waals surface area contributed by atoms with Crippen molar-refractivity contribution < 1.29 is 4.79 Å². The van der Waals surface area contributed by atoms with Crippen molar-refractivity contribution >= 4 is 5.91 Å². The molecule has 1 N–H and O–H groups in total. The van der Waals surface area contributed by atoms with Crippen LogP contribution in [0.3, 0.4) is 0 Å². The van der Waals surface area contributed by atoms with Crippen LogP contribution in [0.5, 0.6) is 0 Å². The van der Waals surface area contributed by atoms with Gasteiger partial charge < -0.3 is 5.32 Å². The molecule has 1 atom stereocenters. The Kier molecular flexibility index (Phi) is 2.51. The minimum absolute atomic E-state index is 0.141. The molecule has 1 aliphatic heterocycles. The molecule has 0 aromatic heterocycles. The lowest BCUT2D eigenvalue weighted by Gasteiger charge is -2.34. The fourth-order valence-electron chi connectivity index (χ4n) is 2.40. The van der Waals surface area contributed by atoms with Gasteiger partial charge in [0.1, 0.15) is 0 Å². The molecule has 1 aliphatic rings. The smallest absolute Gasteiger partial charge is 0.220 e. The maximum absolute atomic E-state index is 11.4. The quantitative estimate of drug-likeness (QED) is 0.786. The molecule has 1 fully saturated rings. The van der Waals surface area contributed by atoms with Crippen molar-refractivity contribution in [1.82, 2.24) is 5.32 Å². The molecule has 1 amide bonds. The van der Waals surface area contributed by atoms with Gasteiger partial charge in [-0.25, -0.2) is 0 Å². The van der Waals surface area contributed by atoms with Crippen LogP contribution in [0.4, 0.5) is 0 Å². The fourth-order valence-corrected chi connectivity index (χ4v) is 2.40. The first-order valence-electron chi connectivity index (χ1n) is 5.52. The molecule has 2 heteroatoms. The van der Waals surface area contributed by atoms with Crippen LogP contribution in [0.25, 0.3) is 0 Å². The normalized spacial score (nSPS) is 25.7. The van der Waals surface area contributed by atoms with E-state index in [0.29, 0.717) is 12.3 Å². The van der Waals surface area contributed by atoms with E-state index in [9.17, 15) is 4.79 Å². The molecule has 2 nitrogen and oxygen atoms in total. The van der Waals surface area contributed by atoms with Gasteiger partial charge in [-0.1, -0.05) is 44.2 Å². The van der Waals surface area contributed by atoms with Gasteiger partial charge in [0.15, 0.2) is 0 Å². The minimum Gasteiger partial charge on any atom is -0.346 e. The van der Waals surface area contributed by atoms with E-state index in [1.165, 1.54) is 5.56 Å². The lowest BCUT2D eigenvalue weighted by Crippen LogP contribution is -2.43. The summed E-state index contributed by atoms with van der Waals surface area (Å²) < 4.78 is 0. The second-order valence-corrected chi connectivity index (χ2v) is 4.54. The first-order valence-corrected chi connectivity index (χ1v) is 5.52. The van der Waals surface area contributed by atoms with Crippen molar-refractivity contribution in [3.05, 3.63) is 35.9 Å². The third-order valence-electron chi connectivity index (χ3n) is 3.38. The fraction of sp³-hybridized carbons (Fsp3) is 0.462. The van der Waals surface area contributed by atoms with Crippen LogP contribution >= 0.6 is 0 Å². The van der Waals surface area contributed by atoms with Crippen molar-refractivity contribution in [1.29, 1.82) is 0 Å². The predicted octanol–water partition coefficient (Wildman–Crippen LogP) is 2.45. The molecule has 0 aliphatic carbocycles. The van der Waals surface area contributed by atoms with Gasteiger partial charge in [-0.05, 0) is 17.9 Å². The molecule has 0 radical (unpaired) electrons. The number of hydrogen-bond donors (Lipinski definition) is 1. The Morgan fingerprint density at radius 3 is 2.40 bits per heavy atom. The van der Waals surface area contributed by atoms with E-state index in [-0.39, 0.29) is 11.4 Å². The Labute approximate surface area is 90.7 Å². The molecule has 1 heterocycles. The van der Waals surface area contributed by atoms with Gasteiger partial charge in [0.25, 0.3) is 0 Å². The first kappa shape index (κ1) is 10.2. The molecule has 1 aromatic carbocycles. The number of benzene rings is 1. The molecule has 0 spiro atoms. The zero-order chi connectivity index (χ0) is 10.9. The number of hydrogen-bond acceptors (Lipinski definition) is 1. The van der Waals surface area contributed by atoms with Crippen molar-refractivity contribution in [2.45, 2.75) is 32.2 Å². The van der Waals surface area contributed by atoms with Crippen LogP contribution in [0.1, 0.15) is 32.3 Å². The van der Waals surface area contributed by atoms with Gasteiger partial charge in [0.2, 0.25) is 5.91 Å². The Morgan fingerprint density at radius 2 is 1.93 bits per heavy atom. The third kappa shape index (κ3) is 1.65. The van der Waals surface area contributed by atoms with E-state index in [0.717, 1.165) is 6.42 Å². The maximum Gasteiger partial charge on any atom is 0.220 e. The monoisotopic (exact) mass is 203 g/mol. The van der Waals surface area contributed by atoms with E-state index < -0.39 is 0 Å². The number of nitrogens with one attached hydrogen (secondary N) is 1. The van der Waals surface area contributed by atoms with Crippen molar-refractivity contribution in [2.24, 2.45) is 5.92 Å². The summed E-state index contributed by atoms with van der Waals surface area (Å²) in [6, 6.07) is 10.3. The largest absolute Gasteiger partial charge is 0.346 e. The van der Waals surface area contributed by atoms with Crippen LogP contribution < -0.4 is 5.32 Å². The standard InChI is InChI=1S/C13H17NO/c1-10(2)13(9-8-12(15)14-13)11-6-4-3-5-7-11/h3-7,10H,8-9H2,1-2H3,(H,14,15). The van der Waals surface area contributed by atoms with Gasteiger partial charge in [-0.15, -0.1) is 0 Å². The van der Waals surface area contributed by atoms with Gasteiger partial charge in [0.05, 0.1) is 5.54 Å². The van der Waals surface area contributed by atoms with Gasteiger partial charge in [-0.3, -0.25) is 4.79 Å². The average Bonchev–Trinajstić information content (AvgIpc) is 2.63. The number of amides is 1. The first-order chi connectivity index (χ1) is 7.15. The van der Waals surface area contributed by atoms with Crippen molar-refractivity contribution in [3.8, 4) is 0 Å². The second kappa shape index (κ2) is 3.69. The van der Waals surface area contributed by atoms with Gasteiger partial charge in [0, 0.05) is 6.42 Å². The van der Waals surface area contributed by atoms with E-state index in [2.05, 4.69) is 31.3 Å². The highest BCUT2D eigenvalue weighted by molar-refractivity contribution is 5.79. The molecular weight excluding hydrogens is 186 g/mol. The summed E-state index contributed by atoms with van der Waals surface area (Å²) in [4.78, 5) is 11.4. The minimum atomic E-state index is -0.141. The van der Waals surface area contributed by atoms with Gasteiger partial charge >= 0.3 is 0 Å². The molecule has 0 bridgehead atoms. The summed E-state index contributed by atoms with van der Waals surface area (Å²) in [7, 11) is 0. The molecule has 2 rings (SSSR count). The molecule has 15 heavy (non-hydrogen) atoms. The third-order valence-corrected chi connectivity index (χ3v) is 3.38. The van der Waals surface area contributed by atoms with Crippen LogP contribution in [-0.4, -0.2) is 5.91 Å². The topological polar surface area (TPSA) is 29.1 Å². The molecule has 1 saturated heterocycles. The molecule has 80 valence electrons. The van der Waals surface area contributed by atoms with E-state index in [4.69, 9.17) is 0 Å². The second-order valence-electron chi connectivity index (χ2n) is 4.54. The Balaban J connectivity index is 2.40. The average molecular weight is 203 g/mol. The molecule has 0 saturated carbocycles. The summed E-state index contributed by atoms with van der Waals surface area (Å²) in [5, 5.41) is 3.14. The zero-order valence-electron chi connectivity index (χ0n) is 9.29.